The van der Waals surface area contributed by atoms with Crippen LogP contribution in [0.5, 0.6) is 0 Å². The number of nitrogens with zero attached hydrogens (tertiary/aromatic N) is 5. The molecular formula is C24H24N6O3. The topological polar surface area (TPSA) is 97.9 Å². The molecule has 0 unspecified atom stereocenters. The van der Waals surface area contributed by atoms with Gasteiger partial charge in [-0.15, -0.1) is 0 Å². The highest BCUT2D eigenvalue weighted by Gasteiger charge is 2.31. The molecule has 5 rings (SSSR count). The molecule has 1 aliphatic rings. The number of carbonyl (C=O) groups is 1. The van der Waals surface area contributed by atoms with E-state index < -0.39 is 11.2 Å². The normalized spacial score (nSPS) is 12.8. The molecule has 0 radical (unpaired) electrons. The zero-order valence-electron chi connectivity index (χ0n) is 18.5. The van der Waals surface area contributed by atoms with Crippen LogP contribution in [-0.4, -0.2) is 34.7 Å². The first kappa shape index (κ1) is 20.7. The van der Waals surface area contributed by atoms with Crippen LogP contribution in [0, 0.1) is 13.8 Å². The Morgan fingerprint density at radius 2 is 1.85 bits per heavy atom. The van der Waals surface area contributed by atoms with Crippen LogP contribution in [0.2, 0.25) is 0 Å². The van der Waals surface area contributed by atoms with E-state index in [1.807, 2.05) is 33.8 Å². The van der Waals surface area contributed by atoms with Crippen LogP contribution >= 0.6 is 0 Å². The number of aromatic amines is 1. The Balaban J connectivity index is 1.42. The predicted molar refractivity (Wildman–Crippen MR) is 123 cm³/mol. The van der Waals surface area contributed by atoms with Crippen molar-refractivity contribution in [1.29, 1.82) is 0 Å². The smallest absolute Gasteiger partial charge is 0.328 e. The monoisotopic (exact) mass is 444 g/mol. The van der Waals surface area contributed by atoms with Gasteiger partial charge in [0, 0.05) is 43.2 Å². The maximum absolute atomic E-state index is 12.9. The van der Waals surface area contributed by atoms with Crippen molar-refractivity contribution >= 4 is 5.91 Å². The van der Waals surface area contributed by atoms with Gasteiger partial charge in [0.2, 0.25) is 5.91 Å². The summed E-state index contributed by atoms with van der Waals surface area (Å²) in [5.41, 5.74) is 4.24. The van der Waals surface area contributed by atoms with Crippen LogP contribution in [0.1, 0.15) is 28.8 Å². The third-order valence-corrected chi connectivity index (χ3v) is 5.97. The van der Waals surface area contributed by atoms with E-state index in [1.165, 1.54) is 22.4 Å². The molecule has 4 heterocycles. The molecule has 1 N–H and O–H groups in total. The van der Waals surface area contributed by atoms with Crippen molar-refractivity contribution in [1.82, 2.24) is 28.8 Å². The van der Waals surface area contributed by atoms with Gasteiger partial charge >= 0.3 is 5.69 Å². The molecule has 0 spiro atoms. The molecule has 0 atom stereocenters. The highest BCUT2D eigenvalue weighted by atomic mass is 16.2. The number of fused-ring (bicyclic) bond motifs is 1. The molecule has 4 aromatic rings. The van der Waals surface area contributed by atoms with Crippen LogP contribution in [-0.2, 0) is 24.4 Å². The molecule has 3 aromatic heterocycles. The first-order valence-corrected chi connectivity index (χ1v) is 10.8. The Kier molecular flexibility index (Phi) is 5.08. The van der Waals surface area contributed by atoms with Crippen molar-refractivity contribution < 1.29 is 4.79 Å². The predicted octanol–water partition coefficient (Wildman–Crippen LogP) is 2.06. The molecule has 9 nitrogen and oxygen atoms in total. The Bertz CT molecular complexity index is 1460. The maximum Gasteiger partial charge on any atom is 0.328 e. The van der Waals surface area contributed by atoms with Crippen molar-refractivity contribution in [3.8, 4) is 11.5 Å². The Morgan fingerprint density at radius 3 is 2.58 bits per heavy atom. The standard InChI is InChI=1S/C24H24N6O3/c1-16-5-6-20(17(2)13-16)30-23(27-9-3-4-10-27)18-14-29(15-19(18)26-30)22(32)8-12-28-11-7-21(31)25-24(28)33/h3-7,9-11,13H,8,12,14-15H2,1-2H3,(H,25,31,33). The number of H-pyrrole nitrogens is 1. The fourth-order valence-electron chi connectivity index (χ4n) is 4.32. The third-order valence-electron chi connectivity index (χ3n) is 5.97. The number of amides is 1. The second-order valence-corrected chi connectivity index (χ2v) is 8.34. The van der Waals surface area contributed by atoms with E-state index in [-0.39, 0.29) is 18.9 Å². The van der Waals surface area contributed by atoms with E-state index >= 15 is 0 Å². The molecule has 9 heteroatoms. The van der Waals surface area contributed by atoms with Crippen molar-refractivity contribution in [2.24, 2.45) is 0 Å². The van der Waals surface area contributed by atoms with E-state index in [2.05, 4.69) is 37.0 Å². The lowest BCUT2D eigenvalue weighted by molar-refractivity contribution is -0.132. The Hall–Kier alpha value is -4.14. The summed E-state index contributed by atoms with van der Waals surface area (Å²) >= 11 is 0. The number of aryl methyl sites for hydroxylation is 3. The zero-order chi connectivity index (χ0) is 23.1. The first-order valence-electron chi connectivity index (χ1n) is 10.8. The second kappa shape index (κ2) is 8.09. The Morgan fingerprint density at radius 1 is 1.06 bits per heavy atom. The molecule has 1 aromatic carbocycles. The number of hydrogen-bond donors (Lipinski definition) is 1. The summed E-state index contributed by atoms with van der Waals surface area (Å²) in [5.74, 6) is 0.858. The van der Waals surface area contributed by atoms with E-state index in [0.717, 1.165) is 28.3 Å². The molecule has 1 amide bonds. The number of hydrogen-bond acceptors (Lipinski definition) is 4. The Labute approximate surface area is 189 Å². The van der Waals surface area contributed by atoms with Crippen LogP contribution in [0.3, 0.4) is 0 Å². The fourth-order valence-corrected chi connectivity index (χ4v) is 4.32. The molecule has 0 saturated carbocycles. The zero-order valence-corrected chi connectivity index (χ0v) is 18.5. The summed E-state index contributed by atoms with van der Waals surface area (Å²) in [7, 11) is 0. The largest absolute Gasteiger partial charge is 0.332 e. The average molecular weight is 444 g/mol. The van der Waals surface area contributed by atoms with Gasteiger partial charge in [0.05, 0.1) is 24.5 Å². The van der Waals surface area contributed by atoms with Crippen molar-refractivity contribution in [2.75, 3.05) is 0 Å². The molecule has 33 heavy (non-hydrogen) atoms. The maximum atomic E-state index is 12.9. The van der Waals surface area contributed by atoms with Gasteiger partial charge < -0.3 is 14.0 Å². The van der Waals surface area contributed by atoms with Gasteiger partial charge in [-0.05, 0) is 37.6 Å². The number of carbonyl (C=O) groups excluding carboxylic acids is 1. The molecule has 0 aliphatic carbocycles. The summed E-state index contributed by atoms with van der Waals surface area (Å²) in [6.07, 6.45) is 5.52. The van der Waals surface area contributed by atoms with Crippen molar-refractivity contribution in [3.05, 3.63) is 98.2 Å². The van der Waals surface area contributed by atoms with Gasteiger partial charge in [-0.1, -0.05) is 17.7 Å². The molecule has 0 saturated heterocycles. The lowest BCUT2D eigenvalue weighted by Crippen LogP contribution is -2.32. The highest BCUT2D eigenvalue weighted by molar-refractivity contribution is 5.77. The minimum absolute atomic E-state index is 0.0670. The minimum atomic E-state index is -0.514. The van der Waals surface area contributed by atoms with Crippen LogP contribution in [0.15, 0.2) is 64.6 Å². The van der Waals surface area contributed by atoms with Crippen molar-refractivity contribution in [2.45, 2.75) is 39.9 Å². The fraction of sp³-hybridized carbons (Fsp3) is 0.250. The summed E-state index contributed by atoms with van der Waals surface area (Å²) in [6.45, 7) is 5.21. The van der Waals surface area contributed by atoms with Crippen LogP contribution < -0.4 is 11.2 Å². The van der Waals surface area contributed by atoms with Gasteiger partial charge in [-0.2, -0.15) is 5.10 Å². The SMILES string of the molecule is Cc1ccc(-n2nc3c(c2-n2cccc2)CN(C(=O)CCn2ccc(=O)[nH]c2=O)C3)c(C)c1. The first-order chi connectivity index (χ1) is 15.9. The van der Waals surface area contributed by atoms with Gasteiger partial charge in [0.15, 0.2) is 0 Å². The highest BCUT2D eigenvalue weighted by Crippen LogP contribution is 2.31. The summed E-state index contributed by atoms with van der Waals surface area (Å²) < 4.78 is 5.32. The number of rotatable bonds is 5. The molecule has 0 bridgehead atoms. The van der Waals surface area contributed by atoms with E-state index in [1.54, 1.807) is 4.90 Å². The van der Waals surface area contributed by atoms with Gasteiger partial charge in [-0.25, -0.2) is 9.48 Å². The van der Waals surface area contributed by atoms with Gasteiger partial charge in [0.1, 0.15) is 5.82 Å². The van der Waals surface area contributed by atoms with Crippen LogP contribution in [0.4, 0.5) is 0 Å². The molecular weight excluding hydrogens is 420 g/mol. The quantitative estimate of drug-likeness (QED) is 0.510. The minimum Gasteiger partial charge on any atom is -0.332 e. The van der Waals surface area contributed by atoms with Gasteiger partial charge in [0.25, 0.3) is 5.56 Å². The molecule has 168 valence electrons. The average Bonchev–Trinajstić information content (AvgIpc) is 3.49. The number of nitrogens with one attached hydrogen (secondary N) is 1. The summed E-state index contributed by atoms with van der Waals surface area (Å²) in [5, 5.41) is 4.89. The van der Waals surface area contributed by atoms with E-state index in [4.69, 9.17) is 5.10 Å². The molecule has 1 aliphatic heterocycles. The number of aromatic nitrogens is 5. The lowest BCUT2D eigenvalue weighted by atomic mass is 10.1. The van der Waals surface area contributed by atoms with Gasteiger partial charge in [-0.3, -0.25) is 14.6 Å². The van der Waals surface area contributed by atoms with Crippen molar-refractivity contribution in [3.63, 3.8) is 0 Å². The summed E-state index contributed by atoms with van der Waals surface area (Å²) in [4.78, 5) is 40.0. The van der Waals surface area contributed by atoms with Crippen LogP contribution in [0.25, 0.3) is 11.5 Å². The second-order valence-electron chi connectivity index (χ2n) is 8.34. The lowest BCUT2D eigenvalue weighted by Gasteiger charge is -2.18. The number of benzene rings is 1. The summed E-state index contributed by atoms with van der Waals surface area (Å²) in [6, 6.07) is 11.5. The third kappa shape index (κ3) is 3.82. The molecule has 0 fully saturated rings. The van der Waals surface area contributed by atoms with E-state index in [9.17, 15) is 14.4 Å². The van der Waals surface area contributed by atoms with E-state index in [0.29, 0.717) is 13.1 Å².